The van der Waals surface area contributed by atoms with E-state index in [1.54, 1.807) is 4.90 Å². The van der Waals surface area contributed by atoms with Crippen molar-refractivity contribution < 1.29 is 23.8 Å². The summed E-state index contributed by atoms with van der Waals surface area (Å²) in [6.07, 6.45) is -0.0554. The molecule has 0 spiro atoms. The van der Waals surface area contributed by atoms with Crippen LogP contribution in [-0.2, 0) is 20.7 Å². The number of benzene rings is 1. The minimum atomic E-state index is -0.477. The molecule has 0 aromatic heterocycles. The molecule has 138 valence electrons. The Morgan fingerprint density at radius 3 is 2.52 bits per heavy atom. The van der Waals surface area contributed by atoms with Gasteiger partial charge in [-0.05, 0) is 54.4 Å². The standard InChI is InChI=1S/C18H24BrNO5/c1-18(2,3)25-17(22)20-9-13(10-20)11-24-15-6-5-12(7-14(15)19)8-16(21)23-4/h5-7,13H,8-11H2,1-4H3. The third-order valence-corrected chi connectivity index (χ3v) is 4.28. The van der Waals surface area contributed by atoms with Gasteiger partial charge in [0.25, 0.3) is 0 Å². The van der Waals surface area contributed by atoms with Gasteiger partial charge in [-0.25, -0.2) is 4.79 Å². The second-order valence-electron chi connectivity index (χ2n) is 7.08. The van der Waals surface area contributed by atoms with Gasteiger partial charge >= 0.3 is 12.1 Å². The van der Waals surface area contributed by atoms with Gasteiger partial charge in [-0.2, -0.15) is 0 Å². The molecule has 7 heteroatoms. The average Bonchev–Trinajstić information content (AvgIpc) is 2.45. The lowest BCUT2D eigenvalue weighted by atomic mass is 10.0. The molecule has 0 unspecified atom stereocenters. The Morgan fingerprint density at radius 1 is 1.28 bits per heavy atom. The molecule has 0 saturated carbocycles. The van der Waals surface area contributed by atoms with Crippen molar-refractivity contribution in [2.75, 3.05) is 26.8 Å². The number of nitrogens with zero attached hydrogens (tertiary/aromatic N) is 1. The highest BCUT2D eigenvalue weighted by Gasteiger charge is 2.34. The van der Waals surface area contributed by atoms with Crippen LogP contribution < -0.4 is 4.74 Å². The molecule has 0 atom stereocenters. The van der Waals surface area contributed by atoms with Crippen LogP contribution in [0.15, 0.2) is 22.7 Å². The molecule has 1 saturated heterocycles. The Bertz CT molecular complexity index is 635. The molecular formula is C18H24BrNO5. The number of likely N-dealkylation sites (tertiary alicyclic amines) is 1. The Labute approximate surface area is 156 Å². The zero-order valence-corrected chi connectivity index (χ0v) is 16.6. The number of rotatable bonds is 5. The van der Waals surface area contributed by atoms with Crippen LogP contribution in [-0.4, -0.2) is 49.4 Å². The van der Waals surface area contributed by atoms with Crippen molar-refractivity contribution in [1.82, 2.24) is 4.90 Å². The summed E-state index contributed by atoms with van der Waals surface area (Å²) in [7, 11) is 1.37. The Hall–Kier alpha value is -1.76. The molecule has 1 aromatic carbocycles. The van der Waals surface area contributed by atoms with Crippen LogP contribution in [0.1, 0.15) is 26.3 Å². The summed E-state index contributed by atoms with van der Waals surface area (Å²) >= 11 is 3.46. The van der Waals surface area contributed by atoms with E-state index in [1.807, 2.05) is 39.0 Å². The molecule has 1 aliphatic heterocycles. The molecule has 0 N–H and O–H groups in total. The van der Waals surface area contributed by atoms with E-state index in [0.29, 0.717) is 25.4 Å². The molecule has 1 fully saturated rings. The van der Waals surface area contributed by atoms with E-state index in [1.165, 1.54) is 7.11 Å². The molecule has 0 radical (unpaired) electrons. The summed E-state index contributed by atoms with van der Waals surface area (Å²) in [5, 5.41) is 0. The van der Waals surface area contributed by atoms with E-state index in [0.717, 1.165) is 10.0 Å². The van der Waals surface area contributed by atoms with E-state index in [-0.39, 0.29) is 24.4 Å². The maximum Gasteiger partial charge on any atom is 0.410 e. The molecular weight excluding hydrogens is 390 g/mol. The van der Waals surface area contributed by atoms with Crippen LogP contribution in [0.5, 0.6) is 5.75 Å². The fourth-order valence-corrected chi connectivity index (χ4v) is 2.91. The van der Waals surface area contributed by atoms with Crippen molar-refractivity contribution in [3.8, 4) is 5.75 Å². The number of carbonyl (C=O) groups is 2. The molecule has 0 bridgehead atoms. The van der Waals surface area contributed by atoms with E-state index < -0.39 is 5.60 Å². The lowest BCUT2D eigenvalue weighted by Gasteiger charge is -2.39. The van der Waals surface area contributed by atoms with Crippen LogP contribution in [0, 0.1) is 5.92 Å². The number of methoxy groups -OCH3 is 1. The van der Waals surface area contributed by atoms with Crippen LogP contribution in [0.4, 0.5) is 4.79 Å². The van der Waals surface area contributed by atoms with Gasteiger partial charge in [0, 0.05) is 19.0 Å². The number of amides is 1. The number of hydrogen-bond donors (Lipinski definition) is 0. The van der Waals surface area contributed by atoms with Crippen molar-refractivity contribution in [2.24, 2.45) is 5.92 Å². The molecule has 1 heterocycles. The highest BCUT2D eigenvalue weighted by molar-refractivity contribution is 9.10. The van der Waals surface area contributed by atoms with Gasteiger partial charge in [0.2, 0.25) is 0 Å². The van der Waals surface area contributed by atoms with Crippen molar-refractivity contribution >= 4 is 28.0 Å². The van der Waals surface area contributed by atoms with Crippen LogP contribution in [0.25, 0.3) is 0 Å². The van der Waals surface area contributed by atoms with Crippen LogP contribution in [0.2, 0.25) is 0 Å². The predicted molar refractivity (Wildman–Crippen MR) is 96.7 cm³/mol. The van der Waals surface area contributed by atoms with Gasteiger partial charge < -0.3 is 19.1 Å². The lowest BCUT2D eigenvalue weighted by molar-refractivity contribution is -0.139. The van der Waals surface area contributed by atoms with Crippen molar-refractivity contribution in [2.45, 2.75) is 32.8 Å². The maximum absolute atomic E-state index is 11.9. The third kappa shape index (κ3) is 5.92. The first kappa shape index (κ1) is 19.6. The normalized spacial score (nSPS) is 14.7. The first-order chi connectivity index (χ1) is 11.7. The first-order valence-electron chi connectivity index (χ1n) is 8.14. The first-order valence-corrected chi connectivity index (χ1v) is 8.93. The largest absolute Gasteiger partial charge is 0.492 e. The van der Waals surface area contributed by atoms with Crippen molar-refractivity contribution in [1.29, 1.82) is 0 Å². The number of hydrogen-bond acceptors (Lipinski definition) is 5. The summed E-state index contributed by atoms with van der Waals surface area (Å²) in [5.41, 5.74) is 0.376. The van der Waals surface area contributed by atoms with Gasteiger partial charge in [-0.1, -0.05) is 6.07 Å². The molecule has 25 heavy (non-hydrogen) atoms. The minimum absolute atomic E-state index is 0.225. The maximum atomic E-state index is 11.9. The lowest BCUT2D eigenvalue weighted by Crippen LogP contribution is -2.53. The second-order valence-corrected chi connectivity index (χ2v) is 7.93. The number of esters is 1. The zero-order chi connectivity index (χ0) is 18.6. The average molecular weight is 414 g/mol. The predicted octanol–water partition coefficient (Wildman–Crippen LogP) is 3.41. The highest BCUT2D eigenvalue weighted by atomic mass is 79.9. The number of ether oxygens (including phenoxy) is 3. The molecule has 2 rings (SSSR count). The quantitative estimate of drug-likeness (QED) is 0.691. The van der Waals surface area contributed by atoms with E-state index in [2.05, 4.69) is 20.7 Å². The second kappa shape index (κ2) is 8.08. The van der Waals surface area contributed by atoms with E-state index in [4.69, 9.17) is 9.47 Å². The Balaban J connectivity index is 1.78. The molecule has 1 aromatic rings. The Kier molecular flexibility index (Phi) is 6.32. The van der Waals surface area contributed by atoms with E-state index >= 15 is 0 Å². The summed E-state index contributed by atoms with van der Waals surface area (Å²) in [6, 6.07) is 5.51. The van der Waals surface area contributed by atoms with Gasteiger partial charge in [-0.3, -0.25) is 4.79 Å². The smallest absolute Gasteiger partial charge is 0.410 e. The summed E-state index contributed by atoms with van der Waals surface area (Å²) < 4.78 is 16.6. The molecule has 1 amide bonds. The number of halogens is 1. The fraction of sp³-hybridized carbons (Fsp3) is 0.556. The summed E-state index contributed by atoms with van der Waals surface area (Å²) in [5.74, 6) is 0.718. The SMILES string of the molecule is COC(=O)Cc1ccc(OCC2CN(C(=O)OC(C)(C)C)C2)c(Br)c1. The fourth-order valence-electron chi connectivity index (χ4n) is 2.37. The van der Waals surface area contributed by atoms with Crippen LogP contribution >= 0.6 is 15.9 Å². The van der Waals surface area contributed by atoms with Crippen molar-refractivity contribution in [3.63, 3.8) is 0 Å². The van der Waals surface area contributed by atoms with E-state index in [9.17, 15) is 9.59 Å². The van der Waals surface area contributed by atoms with Gasteiger partial charge in [-0.15, -0.1) is 0 Å². The third-order valence-electron chi connectivity index (χ3n) is 3.66. The zero-order valence-electron chi connectivity index (χ0n) is 15.0. The molecule has 0 aliphatic carbocycles. The molecule has 1 aliphatic rings. The van der Waals surface area contributed by atoms with Crippen molar-refractivity contribution in [3.05, 3.63) is 28.2 Å². The topological polar surface area (TPSA) is 65.1 Å². The van der Waals surface area contributed by atoms with Crippen LogP contribution in [0.3, 0.4) is 0 Å². The highest BCUT2D eigenvalue weighted by Crippen LogP contribution is 2.28. The van der Waals surface area contributed by atoms with Gasteiger partial charge in [0.15, 0.2) is 0 Å². The Morgan fingerprint density at radius 2 is 1.96 bits per heavy atom. The summed E-state index contributed by atoms with van der Waals surface area (Å²) in [4.78, 5) is 24.9. The van der Waals surface area contributed by atoms with Gasteiger partial charge in [0.1, 0.15) is 11.4 Å². The molecule has 6 nitrogen and oxygen atoms in total. The number of carbonyl (C=O) groups excluding carboxylic acids is 2. The monoisotopic (exact) mass is 413 g/mol. The minimum Gasteiger partial charge on any atom is -0.492 e. The summed E-state index contributed by atoms with van der Waals surface area (Å²) in [6.45, 7) is 7.35. The van der Waals surface area contributed by atoms with Gasteiger partial charge in [0.05, 0.1) is 24.6 Å².